The highest BCUT2D eigenvalue weighted by atomic mass is 16.6. The number of Topliss-reactive ketones (excluding diaryl/α,β-unsaturated/α-hetero) is 2. The van der Waals surface area contributed by atoms with Crippen LogP contribution in [0.3, 0.4) is 0 Å². The Hall–Kier alpha value is -1.26. The molecule has 0 bridgehead atoms. The van der Waals surface area contributed by atoms with Crippen molar-refractivity contribution in [3.05, 3.63) is 10.1 Å². The Kier molecular flexibility index (Phi) is 3.11. The Morgan fingerprint density at radius 2 is 2.15 bits per heavy atom. The van der Waals surface area contributed by atoms with E-state index >= 15 is 0 Å². The molecule has 1 fully saturated rings. The number of ketones is 2. The normalized spacial score (nSPS) is 23.2. The molecule has 1 saturated carbocycles. The maximum absolute atomic E-state index is 11.2. The second kappa shape index (κ2) is 4.11. The third kappa shape index (κ3) is 2.61. The van der Waals surface area contributed by atoms with Gasteiger partial charge in [-0.3, -0.25) is 19.7 Å². The predicted molar refractivity (Wildman–Crippen MR) is 43.8 cm³/mol. The number of carbonyl (C=O) groups is 2. The van der Waals surface area contributed by atoms with Gasteiger partial charge in [0.15, 0.2) is 5.78 Å². The van der Waals surface area contributed by atoms with Crippen molar-refractivity contribution in [1.29, 1.82) is 0 Å². The fourth-order valence-electron chi connectivity index (χ4n) is 1.53. The molecule has 13 heavy (non-hydrogen) atoms. The van der Waals surface area contributed by atoms with Crippen molar-refractivity contribution in [2.75, 3.05) is 6.54 Å². The summed E-state index contributed by atoms with van der Waals surface area (Å²) < 4.78 is 0. The van der Waals surface area contributed by atoms with Crippen LogP contribution in [0.15, 0.2) is 0 Å². The van der Waals surface area contributed by atoms with Crippen LogP contribution < -0.4 is 0 Å². The molecule has 1 unspecified atom stereocenters. The van der Waals surface area contributed by atoms with Gasteiger partial charge in [0.2, 0.25) is 12.3 Å². The number of carbonyl (C=O) groups excluding carboxylic acids is 2. The molecule has 0 aromatic carbocycles. The quantitative estimate of drug-likeness (QED) is 0.366. The smallest absolute Gasteiger partial charge is 0.204 e. The Labute approximate surface area is 75.3 Å². The molecule has 1 aliphatic carbocycles. The molecule has 0 spiro atoms. The van der Waals surface area contributed by atoms with Gasteiger partial charge in [0.25, 0.3) is 0 Å². The maximum Gasteiger partial charge on any atom is 0.204 e. The van der Waals surface area contributed by atoms with Crippen molar-refractivity contribution in [2.24, 2.45) is 5.92 Å². The number of nitro groups is 1. The molecular weight excluding hydrogens is 174 g/mol. The van der Waals surface area contributed by atoms with E-state index in [1.807, 2.05) is 0 Å². The van der Waals surface area contributed by atoms with E-state index < -0.39 is 16.6 Å². The summed E-state index contributed by atoms with van der Waals surface area (Å²) in [6.07, 6.45) is 1.83. The van der Waals surface area contributed by atoms with Gasteiger partial charge in [-0.2, -0.15) is 0 Å². The molecule has 5 nitrogen and oxygen atoms in total. The molecule has 72 valence electrons. The van der Waals surface area contributed by atoms with Crippen LogP contribution in [0.5, 0.6) is 0 Å². The standard InChI is InChI=1S/C8H11NO4/c10-7-3-1-2-6(8(7)11)4-5-9(12)13/h6H,1-5H2. The topological polar surface area (TPSA) is 77.3 Å². The largest absolute Gasteiger partial charge is 0.291 e. The molecule has 0 aromatic heterocycles. The van der Waals surface area contributed by atoms with E-state index in [4.69, 9.17) is 0 Å². The molecule has 5 heteroatoms. The first-order chi connectivity index (χ1) is 6.11. The average Bonchev–Trinajstić information content (AvgIpc) is 2.07. The molecule has 0 N–H and O–H groups in total. The minimum atomic E-state index is -0.452. The number of hydrogen-bond acceptors (Lipinski definition) is 4. The van der Waals surface area contributed by atoms with Gasteiger partial charge < -0.3 is 0 Å². The molecule has 1 atom stereocenters. The average molecular weight is 185 g/mol. The minimum absolute atomic E-state index is 0.206. The van der Waals surface area contributed by atoms with Gasteiger partial charge in [0.1, 0.15) is 0 Å². The van der Waals surface area contributed by atoms with Gasteiger partial charge in [-0.25, -0.2) is 0 Å². The lowest BCUT2D eigenvalue weighted by atomic mass is 9.85. The summed E-state index contributed by atoms with van der Waals surface area (Å²) in [5.74, 6) is -1.17. The van der Waals surface area contributed by atoms with Crippen molar-refractivity contribution < 1.29 is 14.5 Å². The molecule has 1 rings (SSSR count). The zero-order valence-corrected chi connectivity index (χ0v) is 7.19. The van der Waals surface area contributed by atoms with E-state index in [2.05, 4.69) is 0 Å². The fourth-order valence-corrected chi connectivity index (χ4v) is 1.53. The van der Waals surface area contributed by atoms with Crippen LogP contribution in [0, 0.1) is 16.0 Å². The van der Waals surface area contributed by atoms with Crippen LogP contribution in [0.1, 0.15) is 25.7 Å². The highest BCUT2D eigenvalue weighted by Gasteiger charge is 2.29. The van der Waals surface area contributed by atoms with Crippen molar-refractivity contribution in [2.45, 2.75) is 25.7 Å². The Bertz CT molecular complexity index is 249. The molecule has 0 radical (unpaired) electrons. The second-order valence-electron chi connectivity index (χ2n) is 3.22. The van der Waals surface area contributed by atoms with Crippen LogP contribution >= 0.6 is 0 Å². The van der Waals surface area contributed by atoms with Crippen LogP contribution in [-0.4, -0.2) is 23.0 Å². The Balaban J connectivity index is 2.44. The summed E-state index contributed by atoms with van der Waals surface area (Å²) in [6, 6.07) is 0. The van der Waals surface area contributed by atoms with E-state index in [1.165, 1.54) is 0 Å². The number of rotatable bonds is 3. The summed E-state index contributed by atoms with van der Waals surface area (Å²) >= 11 is 0. The first-order valence-electron chi connectivity index (χ1n) is 4.30. The van der Waals surface area contributed by atoms with Crippen LogP contribution in [0.25, 0.3) is 0 Å². The third-order valence-corrected chi connectivity index (χ3v) is 2.26. The van der Waals surface area contributed by atoms with Gasteiger partial charge in [-0.15, -0.1) is 0 Å². The number of nitrogens with zero attached hydrogens (tertiary/aromatic N) is 1. The molecule has 0 saturated heterocycles. The summed E-state index contributed by atoms with van der Waals surface area (Å²) in [7, 11) is 0. The fraction of sp³-hybridized carbons (Fsp3) is 0.750. The minimum Gasteiger partial charge on any atom is -0.291 e. The number of hydrogen-bond donors (Lipinski definition) is 0. The molecule has 0 heterocycles. The first kappa shape index (κ1) is 9.83. The predicted octanol–water partition coefficient (Wildman–Crippen LogP) is 0.591. The summed E-state index contributed by atoms with van der Waals surface area (Å²) in [5.41, 5.74) is 0. The van der Waals surface area contributed by atoms with E-state index in [1.54, 1.807) is 0 Å². The van der Waals surface area contributed by atoms with Crippen molar-refractivity contribution in [1.82, 2.24) is 0 Å². The van der Waals surface area contributed by atoms with E-state index in [0.29, 0.717) is 19.3 Å². The zero-order chi connectivity index (χ0) is 9.84. The van der Waals surface area contributed by atoms with Crippen molar-refractivity contribution in [3.8, 4) is 0 Å². The van der Waals surface area contributed by atoms with Gasteiger partial charge >= 0.3 is 0 Å². The van der Waals surface area contributed by atoms with E-state index in [0.717, 1.165) is 0 Å². The molecule has 1 aliphatic rings. The van der Waals surface area contributed by atoms with Gasteiger partial charge in [0, 0.05) is 23.7 Å². The van der Waals surface area contributed by atoms with Gasteiger partial charge in [-0.1, -0.05) is 0 Å². The lowest BCUT2D eigenvalue weighted by molar-refractivity contribution is -0.481. The van der Waals surface area contributed by atoms with E-state index in [-0.39, 0.29) is 18.7 Å². The highest BCUT2D eigenvalue weighted by Crippen LogP contribution is 2.20. The van der Waals surface area contributed by atoms with Crippen molar-refractivity contribution in [3.63, 3.8) is 0 Å². The van der Waals surface area contributed by atoms with E-state index in [9.17, 15) is 19.7 Å². The SMILES string of the molecule is O=C1CCCC(CC[N+](=O)[O-])C1=O. The van der Waals surface area contributed by atoms with Crippen LogP contribution in [-0.2, 0) is 9.59 Å². The Morgan fingerprint density at radius 1 is 1.46 bits per heavy atom. The third-order valence-electron chi connectivity index (χ3n) is 2.26. The molecular formula is C8H11NO4. The van der Waals surface area contributed by atoms with Crippen LogP contribution in [0.2, 0.25) is 0 Å². The summed E-state index contributed by atoms with van der Waals surface area (Å²) in [5, 5.41) is 10.0. The van der Waals surface area contributed by atoms with Gasteiger partial charge in [-0.05, 0) is 12.8 Å². The monoisotopic (exact) mass is 185 g/mol. The van der Waals surface area contributed by atoms with Crippen molar-refractivity contribution >= 4 is 11.6 Å². The summed E-state index contributed by atoms with van der Waals surface area (Å²) in [6.45, 7) is -0.219. The lowest BCUT2D eigenvalue weighted by Crippen LogP contribution is -2.29. The zero-order valence-electron chi connectivity index (χ0n) is 7.19. The highest BCUT2D eigenvalue weighted by molar-refractivity contribution is 6.38. The Morgan fingerprint density at radius 3 is 2.77 bits per heavy atom. The first-order valence-corrected chi connectivity index (χ1v) is 4.30. The maximum atomic E-state index is 11.2. The van der Waals surface area contributed by atoms with Crippen LogP contribution in [0.4, 0.5) is 0 Å². The second-order valence-corrected chi connectivity index (χ2v) is 3.22. The summed E-state index contributed by atoms with van der Waals surface area (Å²) in [4.78, 5) is 31.7. The molecule has 0 amide bonds. The lowest BCUT2D eigenvalue weighted by Gasteiger charge is -2.17. The molecule has 0 aromatic rings. The van der Waals surface area contributed by atoms with Gasteiger partial charge in [0.05, 0.1) is 0 Å². The molecule has 0 aliphatic heterocycles.